The molecule has 0 radical (unpaired) electrons. The molecule has 0 saturated carbocycles. The minimum Gasteiger partial charge on any atom is -0.457 e. The van der Waals surface area contributed by atoms with Crippen LogP contribution < -0.4 is 21.1 Å². The third-order valence-electron chi connectivity index (χ3n) is 4.66. The van der Waals surface area contributed by atoms with Gasteiger partial charge in [-0.3, -0.25) is 19.6 Å². The number of benzene rings is 1. The van der Waals surface area contributed by atoms with Gasteiger partial charge in [-0.2, -0.15) is 0 Å². The third kappa shape index (κ3) is 7.23. The smallest absolute Gasteiger partial charge is 0.269 e. The molecular weight excluding hydrogens is 406 g/mol. The molecule has 0 bridgehead atoms. The molecule has 1 aromatic heterocycles. The molecule has 2 rings (SSSR count). The minimum atomic E-state index is -0.283. The summed E-state index contributed by atoms with van der Waals surface area (Å²) in [6, 6.07) is 10.8. The fourth-order valence-corrected chi connectivity index (χ4v) is 2.63. The normalized spacial score (nSPS) is 12.3. The Kier molecular flexibility index (Phi) is 8.52. The Hall–Kier alpha value is -3.68. The summed E-state index contributed by atoms with van der Waals surface area (Å²) >= 11 is 0. The molecule has 2 amide bonds. The molecule has 1 heterocycles. The van der Waals surface area contributed by atoms with Gasteiger partial charge in [0.2, 0.25) is 0 Å². The van der Waals surface area contributed by atoms with Gasteiger partial charge in [0.25, 0.3) is 11.8 Å². The number of nitrogens with one attached hydrogen (secondary N) is 2. The second-order valence-corrected chi connectivity index (χ2v) is 8.17. The lowest BCUT2D eigenvalue weighted by atomic mass is 9.91. The third-order valence-corrected chi connectivity index (χ3v) is 4.66. The Morgan fingerprint density at radius 1 is 1.19 bits per heavy atom. The Labute approximate surface area is 189 Å². The second kappa shape index (κ2) is 11.1. The Balaban J connectivity index is 1.97. The molecule has 1 aromatic carbocycles. The fourth-order valence-electron chi connectivity index (χ4n) is 2.63. The highest BCUT2D eigenvalue weighted by Crippen LogP contribution is 2.23. The van der Waals surface area contributed by atoms with Crippen molar-refractivity contribution in [1.29, 1.82) is 0 Å². The zero-order chi connectivity index (χ0) is 23.7. The Morgan fingerprint density at radius 2 is 1.91 bits per heavy atom. The maximum absolute atomic E-state index is 12.4. The van der Waals surface area contributed by atoms with E-state index >= 15 is 0 Å². The fraction of sp³-hybridized carbons (Fsp3) is 0.333. The number of hydrogen-bond acceptors (Lipinski definition) is 6. The number of hydrogen-bond donors (Lipinski definition) is 3. The van der Waals surface area contributed by atoms with E-state index in [-0.39, 0.29) is 22.9 Å². The van der Waals surface area contributed by atoms with Crippen molar-refractivity contribution < 1.29 is 14.3 Å². The molecule has 0 saturated heterocycles. The van der Waals surface area contributed by atoms with Gasteiger partial charge in [-0.15, -0.1) is 0 Å². The lowest BCUT2D eigenvalue weighted by molar-refractivity contribution is -0.114. The number of rotatable bonds is 8. The van der Waals surface area contributed by atoms with Gasteiger partial charge in [-0.25, -0.2) is 0 Å². The van der Waals surface area contributed by atoms with E-state index in [1.54, 1.807) is 32.3 Å². The van der Waals surface area contributed by atoms with Gasteiger partial charge in [-0.1, -0.05) is 32.9 Å². The van der Waals surface area contributed by atoms with E-state index in [2.05, 4.69) is 20.6 Å². The largest absolute Gasteiger partial charge is 0.457 e. The molecule has 0 spiro atoms. The van der Waals surface area contributed by atoms with Crippen LogP contribution >= 0.6 is 0 Å². The quantitative estimate of drug-likeness (QED) is 0.549. The number of amides is 2. The van der Waals surface area contributed by atoms with E-state index in [0.717, 1.165) is 5.56 Å². The molecule has 32 heavy (non-hydrogen) atoms. The number of carbonyl (C=O) groups excluding carboxylic acids is 2. The van der Waals surface area contributed by atoms with E-state index in [1.165, 1.54) is 6.20 Å². The van der Waals surface area contributed by atoms with Crippen LogP contribution in [-0.4, -0.2) is 43.2 Å². The number of aliphatic imine (C=N–C) groups is 1. The monoisotopic (exact) mass is 437 g/mol. The van der Waals surface area contributed by atoms with Crippen LogP contribution in [0.5, 0.6) is 11.5 Å². The number of aromatic nitrogens is 1. The molecule has 0 atom stereocenters. The predicted octanol–water partition coefficient (Wildman–Crippen LogP) is 2.85. The van der Waals surface area contributed by atoms with Gasteiger partial charge in [0, 0.05) is 44.0 Å². The first-order valence-corrected chi connectivity index (χ1v) is 10.3. The maximum atomic E-state index is 12.4. The summed E-state index contributed by atoms with van der Waals surface area (Å²) in [6.45, 7) is 6.36. The first kappa shape index (κ1) is 24.6. The molecule has 0 fully saturated rings. The first-order chi connectivity index (χ1) is 15.1. The van der Waals surface area contributed by atoms with Crippen molar-refractivity contribution in [2.45, 2.75) is 27.2 Å². The first-order valence-electron chi connectivity index (χ1n) is 10.3. The van der Waals surface area contributed by atoms with Gasteiger partial charge >= 0.3 is 0 Å². The van der Waals surface area contributed by atoms with Crippen LogP contribution in [-0.2, 0) is 11.2 Å². The van der Waals surface area contributed by atoms with Crippen LogP contribution in [0.25, 0.3) is 0 Å². The highest BCUT2D eigenvalue weighted by Gasteiger charge is 2.16. The highest BCUT2D eigenvalue weighted by atomic mass is 16.5. The summed E-state index contributed by atoms with van der Waals surface area (Å²) in [7, 11) is 3.11. The van der Waals surface area contributed by atoms with Crippen molar-refractivity contribution in [3.05, 3.63) is 65.6 Å². The average Bonchev–Trinajstić information content (AvgIpc) is 2.76. The summed E-state index contributed by atoms with van der Waals surface area (Å²) in [5.74, 6) is 0.579. The number of allylic oxidation sites excluding steroid dienone is 1. The summed E-state index contributed by atoms with van der Waals surface area (Å²) in [5.41, 5.74) is 7.96. The number of carbonyl (C=O) groups is 2. The lowest BCUT2D eigenvalue weighted by Crippen LogP contribution is -2.33. The van der Waals surface area contributed by atoms with Crippen LogP contribution in [0.4, 0.5) is 0 Å². The highest BCUT2D eigenvalue weighted by molar-refractivity contribution is 6.43. The molecule has 8 heteroatoms. The molecule has 4 N–H and O–H groups in total. The van der Waals surface area contributed by atoms with Gasteiger partial charge in [0.15, 0.2) is 0 Å². The zero-order valence-corrected chi connectivity index (χ0v) is 19.2. The van der Waals surface area contributed by atoms with E-state index in [1.807, 2.05) is 45.0 Å². The maximum Gasteiger partial charge on any atom is 0.269 e. The van der Waals surface area contributed by atoms with Crippen molar-refractivity contribution in [1.82, 2.24) is 15.6 Å². The average molecular weight is 438 g/mol. The van der Waals surface area contributed by atoms with Crippen molar-refractivity contribution in [2.75, 3.05) is 20.6 Å². The molecule has 0 unspecified atom stereocenters. The van der Waals surface area contributed by atoms with Crippen LogP contribution in [0.3, 0.4) is 0 Å². The van der Waals surface area contributed by atoms with Crippen molar-refractivity contribution in [3.63, 3.8) is 0 Å². The summed E-state index contributed by atoms with van der Waals surface area (Å²) < 4.78 is 5.86. The van der Waals surface area contributed by atoms with E-state index in [9.17, 15) is 9.59 Å². The molecule has 0 aliphatic heterocycles. The Morgan fingerprint density at radius 3 is 2.56 bits per heavy atom. The molecule has 0 aliphatic carbocycles. The second-order valence-electron chi connectivity index (χ2n) is 8.17. The van der Waals surface area contributed by atoms with Gasteiger partial charge < -0.3 is 21.1 Å². The zero-order valence-electron chi connectivity index (χ0n) is 19.2. The minimum absolute atomic E-state index is 0.243. The molecule has 2 aromatic rings. The van der Waals surface area contributed by atoms with Crippen molar-refractivity contribution in [3.8, 4) is 11.5 Å². The summed E-state index contributed by atoms with van der Waals surface area (Å²) in [4.78, 5) is 32.3. The van der Waals surface area contributed by atoms with Gasteiger partial charge in [-0.05, 0) is 36.3 Å². The lowest BCUT2D eigenvalue weighted by Gasteiger charge is -2.19. The van der Waals surface area contributed by atoms with Crippen LogP contribution in [0.2, 0.25) is 0 Å². The summed E-state index contributed by atoms with van der Waals surface area (Å²) in [6.07, 6.45) is 3.75. The van der Waals surface area contributed by atoms with Crippen molar-refractivity contribution in [2.24, 2.45) is 16.1 Å². The molecule has 170 valence electrons. The summed E-state index contributed by atoms with van der Waals surface area (Å²) in [5, 5.41) is 5.40. The van der Waals surface area contributed by atoms with E-state index in [0.29, 0.717) is 35.9 Å². The van der Waals surface area contributed by atoms with Crippen LogP contribution in [0, 0.1) is 5.41 Å². The van der Waals surface area contributed by atoms with Gasteiger partial charge in [0.05, 0.1) is 0 Å². The molecular formula is C24H31N5O3. The van der Waals surface area contributed by atoms with E-state index < -0.39 is 0 Å². The van der Waals surface area contributed by atoms with Crippen molar-refractivity contribution >= 4 is 17.5 Å². The van der Waals surface area contributed by atoms with E-state index in [4.69, 9.17) is 10.5 Å². The number of nitrogens with zero attached hydrogens (tertiary/aromatic N) is 2. The number of ether oxygens (including phenoxy) is 1. The SMILES string of the molecule is CN=C(C=C(N)C(C)(C)C)C(=O)NCCc1cccc(Oc2ccnc(C(=O)NC)c2)c1. The van der Waals surface area contributed by atoms with Gasteiger partial charge in [0.1, 0.15) is 22.9 Å². The molecule has 8 nitrogen and oxygen atoms in total. The standard InChI is InChI=1S/C24H31N5O3/c1-24(2,3)21(25)15-19(26-4)23(31)29-11-9-16-7-6-8-17(13-16)32-18-10-12-28-20(14-18)22(30)27-5/h6-8,10,12-15H,9,11,25H2,1-5H3,(H,27,30)(H,29,31). The Bertz CT molecular complexity index is 1020. The van der Waals surface area contributed by atoms with Crippen LogP contribution in [0.15, 0.2) is 59.4 Å². The topological polar surface area (TPSA) is 119 Å². The predicted molar refractivity (Wildman–Crippen MR) is 126 cm³/mol. The number of pyridine rings is 1. The van der Waals surface area contributed by atoms with Crippen LogP contribution in [0.1, 0.15) is 36.8 Å². The molecule has 0 aliphatic rings. The number of nitrogens with two attached hydrogens (primary N) is 1.